The zero-order valence-electron chi connectivity index (χ0n) is 16.1. The molecule has 1 aromatic carbocycles. The Balaban J connectivity index is 1.60. The molecular formula is C20H26N4O3. The number of hydrogen-bond acceptors (Lipinski definition) is 5. The van der Waals surface area contributed by atoms with Gasteiger partial charge in [-0.25, -0.2) is 4.68 Å². The number of aromatic nitrogens is 2. The summed E-state index contributed by atoms with van der Waals surface area (Å²) in [5.41, 5.74) is 2.91. The highest BCUT2D eigenvalue weighted by atomic mass is 16.5. The Bertz CT molecular complexity index is 805. The normalized spacial score (nSPS) is 15.5. The average Bonchev–Trinajstić information content (AvgIpc) is 3.02. The molecule has 1 fully saturated rings. The summed E-state index contributed by atoms with van der Waals surface area (Å²) in [4.78, 5) is 26.2. The number of ether oxygens (including phenoxy) is 1. The van der Waals surface area contributed by atoms with E-state index in [-0.39, 0.29) is 17.8 Å². The first-order valence-electron chi connectivity index (χ1n) is 9.20. The Labute approximate surface area is 159 Å². The summed E-state index contributed by atoms with van der Waals surface area (Å²) in [6.07, 6.45) is 1.45. The molecule has 1 N–H and O–H groups in total. The van der Waals surface area contributed by atoms with E-state index in [0.717, 1.165) is 24.2 Å². The van der Waals surface area contributed by atoms with Crippen LogP contribution in [0.4, 0.5) is 5.82 Å². The first-order chi connectivity index (χ1) is 13.0. The third kappa shape index (κ3) is 4.74. The van der Waals surface area contributed by atoms with Crippen LogP contribution in [0.25, 0.3) is 5.69 Å². The van der Waals surface area contributed by atoms with Gasteiger partial charge in [-0.15, -0.1) is 0 Å². The van der Waals surface area contributed by atoms with Crippen LogP contribution < -0.4 is 5.32 Å². The minimum atomic E-state index is -0.156. The number of carbonyl (C=O) groups is 2. The Morgan fingerprint density at radius 3 is 2.48 bits per heavy atom. The number of hydrogen-bond donors (Lipinski definition) is 1. The largest absolute Gasteiger partial charge is 0.469 e. The molecule has 2 aromatic rings. The molecule has 2 heterocycles. The van der Waals surface area contributed by atoms with Gasteiger partial charge >= 0.3 is 5.97 Å². The summed E-state index contributed by atoms with van der Waals surface area (Å²) in [5.74, 6) is 0.363. The maximum atomic E-state index is 12.5. The van der Waals surface area contributed by atoms with E-state index in [1.165, 1.54) is 12.7 Å². The van der Waals surface area contributed by atoms with Gasteiger partial charge in [-0.05, 0) is 51.9 Å². The smallest absolute Gasteiger partial charge is 0.308 e. The van der Waals surface area contributed by atoms with Crippen molar-refractivity contribution >= 4 is 17.7 Å². The van der Waals surface area contributed by atoms with Gasteiger partial charge in [0.15, 0.2) is 0 Å². The van der Waals surface area contributed by atoms with Crippen LogP contribution in [-0.2, 0) is 14.3 Å². The number of piperidine rings is 1. The first-order valence-corrected chi connectivity index (χ1v) is 9.20. The Kier molecular flexibility index (Phi) is 5.91. The van der Waals surface area contributed by atoms with Crippen LogP contribution in [0.3, 0.4) is 0 Å². The van der Waals surface area contributed by atoms with Gasteiger partial charge in [0, 0.05) is 6.07 Å². The topological polar surface area (TPSA) is 76.5 Å². The van der Waals surface area contributed by atoms with Crippen LogP contribution in [0.1, 0.15) is 24.1 Å². The van der Waals surface area contributed by atoms with Crippen molar-refractivity contribution in [1.29, 1.82) is 0 Å². The van der Waals surface area contributed by atoms with Gasteiger partial charge in [-0.1, -0.05) is 17.7 Å². The average molecular weight is 370 g/mol. The van der Waals surface area contributed by atoms with E-state index in [0.29, 0.717) is 25.5 Å². The molecule has 0 unspecified atom stereocenters. The fourth-order valence-corrected chi connectivity index (χ4v) is 3.35. The third-order valence-corrected chi connectivity index (χ3v) is 4.87. The van der Waals surface area contributed by atoms with Crippen LogP contribution >= 0.6 is 0 Å². The number of amides is 1. The van der Waals surface area contributed by atoms with Crippen molar-refractivity contribution in [2.45, 2.75) is 26.7 Å². The van der Waals surface area contributed by atoms with Crippen LogP contribution in [0.2, 0.25) is 0 Å². The monoisotopic (exact) mass is 370 g/mol. The van der Waals surface area contributed by atoms with Gasteiger partial charge < -0.3 is 10.1 Å². The van der Waals surface area contributed by atoms with Gasteiger partial charge in [0.05, 0.1) is 31.0 Å². The summed E-state index contributed by atoms with van der Waals surface area (Å²) in [7, 11) is 1.42. The van der Waals surface area contributed by atoms with Crippen LogP contribution in [0.15, 0.2) is 30.3 Å². The summed E-state index contributed by atoms with van der Waals surface area (Å²) >= 11 is 0. The van der Waals surface area contributed by atoms with E-state index in [1.54, 1.807) is 4.68 Å². The molecule has 1 saturated heterocycles. The van der Waals surface area contributed by atoms with Gasteiger partial charge in [0.1, 0.15) is 5.82 Å². The Morgan fingerprint density at radius 1 is 1.19 bits per heavy atom. The van der Waals surface area contributed by atoms with Crippen LogP contribution in [0.5, 0.6) is 0 Å². The molecule has 0 aliphatic carbocycles. The number of anilines is 1. The molecule has 0 spiro atoms. The van der Waals surface area contributed by atoms with Crippen molar-refractivity contribution < 1.29 is 14.3 Å². The van der Waals surface area contributed by atoms with Gasteiger partial charge in [-0.3, -0.25) is 14.5 Å². The second-order valence-corrected chi connectivity index (χ2v) is 7.04. The second-order valence-electron chi connectivity index (χ2n) is 7.04. The number of benzene rings is 1. The second kappa shape index (κ2) is 8.35. The molecular weight excluding hydrogens is 344 g/mol. The molecule has 0 atom stereocenters. The molecule has 1 aliphatic rings. The van der Waals surface area contributed by atoms with E-state index < -0.39 is 0 Å². The van der Waals surface area contributed by atoms with Crippen LogP contribution in [-0.4, -0.2) is 53.3 Å². The third-order valence-electron chi connectivity index (χ3n) is 4.87. The predicted octanol–water partition coefficient (Wildman–Crippen LogP) is 2.31. The minimum absolute atomic E-state index is 0.0556. The van der Waals surface area contributed by atoms with E-state index in [9.17, 15) is 9.59 Å². The summed E-state index contributed by atoms with van der Waals surface area (Å²) in [6.45, 7) is 5.65. The Morgan fingerprint density at radius 2 is 1.85 bits per heavy atom. The number of methoxy groups -OCH3 is 1. The number of rotatable bonds is 5. The molecule has 1 aliphatic heterocycles. The van der Waals surface area contributed by atoms with Gasteiger partial charge in [-0.2, -0.15) is 5.10 Å². The van der Waals surface area contributed by atoms with Crippen molar-refractivity contribution in [2.75, 3.05) is 32.1 Å². The van der Waals surface area contributed by atoms with Crippen molar-refractivity contribution in [3.05, 3.63) is 41.6 Å². The molecule has 0 radical (unpaired) electrons. The zero-order valence-corrected chi connectivity index (χ0v) is 16.1. The maximum absolute atomic E-state index is 12.5. The molecule has 27 heavy (non-hydrogen) atoms. The molecule has 3 rings (SSSR count). The number of nitrogens with one attached hydrogen (secondary N) is 1. The summed E-state index contributed by atoms with van der Waals surface area (Å²) in [5, 5.41) is 7.45. The SMILES string of the molecule is COC(=O)C1CCN(CC(=O)Nc2cc(C)nn2-c2ccc(C)cc2)CC1. The number of carbonyl (C=O) groups excluding carboxylic acids is 2. The fraction of sp³-hybridized carbons (Fsp3) is 0.450. The highest BCUT2D eigenvalue weighted by Gasteiger charge is 2.26. The number of likely N-dealkylation sites (tertiary alicyclic amines) is 1. The first kappa shape index (κ1) is 19.1. The Hall–Kier alpha value is -2.67. The lowest BCUT2D eigenvalue weighted by Gasteiger charge is -2.29. The van der Waals surface area contributed by atoms with Crippen molar-refractivity contribution in [3.8, 4) is 5.69 Å². The highest BCUT2D eigenvalue weighted by molar-refractivity contribution is 5.91. The lowest BCUT2D eigenvalue weighted by molar-refractivity contribution is -0.147. The molecule has 1 amide bonds. The van der Waals surface area contributed by atoms with Gasteiger partial charge in [0.25, 0.3) is 0 Å². The fourth-order valence-electron chi connectivity index (χ4n) is 3.35. The molecule has 0 saturated carbocycles. The minimum Gasteiger partial charge on any atom is -0.469 e. The molecule has 7 nitrogen and oxygen atoms in total. The van der Waals surface area contributed by atoms with Crippen molar-refractivity contribution in [1.82, 2.24) is 14.7 Å². The number of esters is 1. The van der Waals surface area contributed by atoms with E-state index in [2.05, 4.69) is 15.3 Å². The lowest BCUT2D eigenvalue weighted by atomic mass is 9.97. The predicted molar refractivity (Wildman–Crippen MR) is 103 cm³/mol. The van der Waals surface area contributed by atoms with Gasteiger partial charge in [0.2, 0.25) is 5.91 Å². The molecule has 1 aromatic heterocycles. The maximum Gasteiger partial charge on any atom is 0.308 e. The van der Waals surface area contributed by atoms with Crippen LogP contribution in [0, 0.1) is 19.8 Å². The summed E-state index contributed by atoms with van der Waals surface area (Å²) in [6, 6.07) is 9.86. The van der Waals surface area contributed by atoms with E-state index >= 15 is 0 Å². The van der Waals surface area contributed by atoms with Crippen molar-refractivity contribution in [2.24, 2.45) is 5.92 Å². The zero-order chi connectivity index (χ0) is 19.4. The van der Waals surface area contributed by atoms with Crippen molar-refractivity contribution in [3.63, 3.8) is 0 Å². The number of aryl methyl sites for hydroxylation is 2. The highest BCUT2D eigenvalue weighted by Crippen LogP contribution is 2.20. The quantitative estimate of drug-likeness (QED) is 0.818. The van der Waals surface area contributed by atoms with E-state index in [1.807, 2.05) is 44.2 Å². The summed E-state index contributed by atoms with van der Waals surface area (Å²) < 4.78 is 6.55. The molecule has 144 valence electrons. The molecule has 7 heteroatoms. The molecule has 0 bridgehead atoms. The van der Waals surface area contributed by atoms with E-state index in [4.69, 9.17) is 4.74 Å². The standard InChI is InChI=1S/C20H26N4O3/c1-14-4-6-17(7-5-14)24-18(12-15(2)22-24)21-19(25)13-23-10-8-16(9-11-23)20(26)27-3/h4-7,12,16H,8-11,13H2,1-3H3,(H,21,25). The number of nitrogens with zero attached hydrogens (tertiary/aromatic N) is 3. The lowest BCUT2D eigenvalue weighted by Crippen LogP contribution is -2.41.